The van der Waals surface area contributed by atoms with Crippen molar-refractivity contribution in [2.45, 2.75) is 59.3 Å². The number of likely N-dealkylation sites (tertiary alicyclic amines) is 1. The molecule has 1 saturated carbocycles. The van der Waals surface area contributed by atoms with Gasteiger partial charge in [-0.2, -0.15) is 0 Å². The third kappa shape index (κ3) is 4.11. The van der Waals surface area contributed by atoms with Crippen LogP contribution >= 0.6 is 0 Å². The zero-order valence-electron chi connectivity index (χ0n) is 18.5. The van der Waals surface area contributed by atoms with Crippen molar-refractivity contribution in [1.29, 1.82) is 0 Å². The molecule has 0 amide bonds. The van der Waals surface area contributed by atoms with Crippen molar-refractivity contribution in [2.24, 2.45) is 16.7 Å². The molecule has 0 N–H and O–H groups in total. The second-order valence-electron chi connectivity index (χ2n) is 10.2. The monoisotopic (exact) mass is 383 g/mol. The number of nitrogens with zero attached hydrogens (tertiary/aromatic N) is 3. The average molecular weight is 384 g/mol. The number of anilines is 1. The van der Waals surface area contributed by atoms with Gasteiger partial charge in [-0.1, -0.05) is 51.8 Å². The number of hydrogen-bond acceptors (Lipinski definition) is 3. The van der Waals surface area contributed by atoms with Crippen LogP contribution in [0.2, 0.25) is 0 Å². The highest BCUT2D eigenvalue weighted by molar-refractivity contribution is 5.46. The van der Waals surface area contributed by atoms with Gasteiger partial charge in [0.2, 0.25) is 0 Å². The Morgan fingerprint density at radius 1 is 0.893 bits per heavy atom. The maximum Gasteiger partial charge on any atom is 0.0508 e. The molecule has 3 aliphatic rings. The zero-order chi connectivity index (χ0) is 19.6. The van der Waals surface area contributed by atoms with E-state index in [-0.39, 0.29) is 0 Å². The molecule has 2 heterocycles. The van der Waals surface area contributed by atoms with Crippen molar-refractivity contribution in [3.05, 3.63) is 30.3 Å². The van der Waals surface area contributed by atoms with E-state index in [1.165, 1.54) is 77.1 Å². The molecule has 1 aromatic carbocycles. The summed E-state index contributed by atoms with van der Waals surface area (Å²) in [5, 5.41) is 0. The van der Waals surface area contributed by atoms with Crippen LogP contribution in [0.25, 0.3) is 0 Å². The molecule has 0 atom stereocenters. The van der Waals surface area contributed by atoms with Gasteiger partial charge in [0, 0.05) is 45.0 Å². The van der Waals surface area contributed by atoms with E-state index in [0.29, 0.717) is 10.8 Å². The molecule has 2 saturated heterocycles. The first-order valence-electron chi connectivity index (χ1n) is 11.8. The SMILES string of the molecule is CCC(C)(CC)C1CCC2(CC1)CN(CN1CCN(c3ccccc3)CC1)C2. The number of piperazine rings is 1. The Kier molecular flexibility index (Phi) is 6.04. The molecule has 0 aromatic heterocycles. The third-order valence-electron chi connectivity index (χ3n) is 8.66. The molecule has 0 radical (unpaired) electrons. The topological polar surface area (TPSA) is 9.72 Å². The number of benzene rings is 1. The molecule has 28 heavy (non-hydrogen) atoms. The van der Waals surface area contributed by atoms with E-state index >= 15 is 0 Å². The number of hydrogen-bond donors (Lipinski definition) is 0. The van der Waals surface area contributed by atoms with Gasteiger partial charge in [-0.05, 0) is 54.6 Å². The standard InChI is InChI=1S/C25H41N3/c1-4-24(3,5-2)22-11-13-25(14-12-22)19-27(20-25)21-26-15-17-28(18-16-26)23-9-7-6-8-10-23/h6-10,22H,4-5,11-21H2,1-3H3. The van der Waals surface area contributed by atoms with Crippen LogP contribution < -0.4 is 4.90 Å². The minimum absolute atomic E-state index is 0.587. The van der Waals surface area contributed by atoms with Crippen molar-refractivity contribution in [1.82, 2.24) is 9.80 Å². The highest BCUT2D eigenvalue weighted by Gasteiger charge is 2.47. The number of rotatable bonds is 6. The van der Waals surface area contributed by atoms with E-state index in [9.17, 15) is 0 Å². The second-order valence-corrected chi connectivity index (χ2v) is 10.2. The molecule has 4 rings (SSSR count). The van der Waals surface area contributed by atoms with Gasteiger partial charge >= 0.3 is 0 Å². The summed E-state index contributed by atoms with van der Waals surface area (Å²) >= 11 is 0. The molecule has 0 unspecified atom stereocenters. The van der Waals surface area contributed by atoms with Crippen LogP contribution in [0.1, 0.15) is 59.3 Å². The van der Waals surface area contributed by atoms with E-state index in [1.807, 2.05) is 0 Å². The lowest BCUT2D eigenvalue weighted by Crippen LogP contribution is -2.61. The van der Waals surface area contributed by atoms with Crippen molar-refractivity contribution >= 4 is 5.69 Å². The van der Waals surface area contributed by atoms with Gasteiger partial charge < -0.3 is 4.90 Å². The normalized spacial score (nSPS) is 24.5. The van der Waals surface area contributed by atoms with Crippen molar-refractivity contribution in [3.63, 3.8) is 0 Å². The molecular weight excluding hydrogens is 342 g/mol. The smallest absolute Gasteiger partial charge is 0.0508 e. The van der Waals surface area contributed by atoms with Gasteiger partial charge in [-0.25, -0.2) is 0 Å². The number of para-hydroxylation sites is 1. The zero-order valence-corrected chi connectivity index (χ0v) is 18.5. The Morgan fingerprint density at radius 3 is 2.07 bits per heavy atom. The molecule has 3 heteroatoms. The predicted molar refractivity (Wildman–Crippen MR) is 120 cm³/mol. The maximum absolute atomic E-state index is 2.72. The van der Waals surface area contributed by atoms with Crippen molar-refractivity contribution in [2.75, 3.05) is 50.8 Å². The van der Waals surface area contributed by atoms with Gasteiger partial charge in [0.25, 0.3) is 0 Å². The van der Waals surface area contributed by atoms with Crippen LogP contribution in [-0.4, -0.2) is 55.7 Å². The molecule has 0 bridgehead atoms. The quantitative estimate of drug-likeness (QED) is 0.678. The Morgan fingerprint density at radius 2 is 1.50 bits per heavy atom. The summed E-state index contributed by atoms with van der Waals surface area (Å²) in [6.45, 7) is 16.0. The Labute approximate surface area is 173 Å². The first-order chi connectivity index (χ1) is 13.6. The first kappa shape index (κ1) is 20.2. The van der Waals surface area contributed by atoms with E-state index in [0.717, 1.165) is 19.0 Å². The lowest BCUT2D eigenvalue weighted by molar-refractivity contribution is -0.0765. The molecule has 3 nitrogen and oxygen atoms in total. The Bertz CT molecular complexity index is 600. The van der Waals surface area contributed by atoms with E-state index in [4.69, 9.17) is 0 Å². The molecular formula is C25H41N3. The van der Waals surface area contributed by atoms with Crippen molar-refractivity contribution in [3.8, 4) is 0 Å². The van der Waals surface area contributed by atoms with Gasteiger partial charge in [0.05, 0.1) is 6.67 Å². The van der Waals surface area contributed by atoms with Crippen LogP contribution in [0.4, 0.5) is 5.69 Å². The first-order valence-corrected chi connectivity index (χ1v) is 11.8. The van der Waals surface area contributed by atoms with Crippen LogP contribution in [0, 0.1) is 16.7 Å². The second kappa shape index (κ2) is 8.36. The van der Waals surface area contributed by atoms with E-state index in [2.05, 4.69) is 65.8 Å². The minimum Gasteiger partial charge on any atom is -0.369 e. The maximum atomic E-state index is 2.72. The fourth-order valence-electron chi connectivity index (χ4n) is 6.14. The summed E-state index contributed by atoms with van der Waals surface area (Å²) < 4.78 is 0. The Balaban J connectivity index is 1.19. The minimum atomic E-state index is 0.587. The van der Waals surface area contributed by atoms with Gasteiger partial charge in [-0.15, -0.1) is 0 Å². The summed E-state index contributed by atoms with van der Waals surface area (Å²) in [5.74, 6) is 0.966. The third-order valence-corrected chi connectivity index (χ3v) is 8.66. The molecule has 1 spiro atoms. The van der Waals surface area contributed by atoms with Gasteiger partial charge in [0.1, 0.15) is 0 Å². The van der Waals surface area contributed by atoms with E-state index in [1.54, 1.807) is 0 Å². The van der Waals surface area contributed by atoms with E-state index < -0.39 is 0 Å². The van der Waals surface area contributed by atoms with Crippen LogP contribution in [0.3, 0.4) is 0 Å². The van der Waals surface area contributed by atoms with Crippen LogP contribution in [-0.2, 0) is 0 Å². The molecule has 1 aromatic rings. The van der Waals surface area contributed by atoms with Crippen molar-refractivity contribution < 1.29 is 0 Å². The summed E-state index contributed by atoms with van der Waals surface area (Å²) in [7, 11) is 0. The summed E-state index contributed by atoms with van der Waals surface area (Å²) in [6, 6.07) is 10.9. The molecule has 156 valence electrons. The molecule has 2 aliphatic heterocycles. The Hall–Kier alpha value is -1.06. The van der Waals surface area contributed by atoms with Gasteiger partial charge in [-0.3, -0.25) is 9.80 Å². The fraction of sp³-hybridized carbons (Fsp3) is 0.760. The average Bonchev–Trinajstić information content (AvgIpc) is 2.74. The summed E-state index contributed by atoms with van der Waals surface area (Å²) in [4.78, 5) is 7.92. The lowest BCUT2D eigenvalue weighted by atomic mass is 9.59. The molecule has 3 fully saturated rings. The molecule has 1 aliphatic carbocycles. The summed E-state index contributed by atoms with van der Waals surface area (Å²) in [6.07, 6.45) is 8.60. The van der Waals surface area contributed by atoms with Gasteiger partial charge in [0.15, 0.2) is 0 Å². The highest BCUT2D eigenvalue weighted by atomic mass is 15.4. The largest absolute Gasteiger partial charge is 0.369 e. The van der Waals surface area contributed by atoms with Crippen LogP contribution in [0.5, 0.6) is 0 Å². The lowest BCUT2D eigenvalue weighted by Gasteiger charge is -2.56. The highest BCUT2D eigenvalue weighted by Crippen LogP contribution is 2.51. The summed E-state index contributed by atoms with van der Waals surface area (Å²) in [5.41, 5.74) is 2.64. The predicted octanol–water partition coefficient (Wildman–Crippen LogP) is 5.08. The van der Waals surface area contributed by atoms with Crippen LogP contribution in [0.15, 0.2) is 30.3 Å². The fourth-order valence-corrected chi connectivity index (χ4v) is 6.14.